The van der Waals surface area contributed by atoms with Crippen LogP contribution in [0.1, 0.15) is 34.7 Å². The van der Waals surface area contributed by atoms with E-state index in [0.717, 1.165) is 37.6 Å². The highest BCUT2D eigenvalue weighted by atomic mass is 32.2. The van der Waals surface area contributed by atoms with Gasteiger partial charge in [-0.1, -0.05) is 0 Å². The highest BCUT2D eigenvalue weighted by molar-refractivity contribution is 7.99. The van der Waals surface area contributed by atoms with Gasteiger partial charge in [-0.05, 0) is 25.8 Å². The molecule has 1 aromatic heterocycles. The zero-order chi connectivity index (χ0) is 12.3. The lowest BCUT2D eigenvalue weighted by Gasteiger charge is -2.20. The molecule has 2 heterocycles. The molecule has 1 fully saturated rings. The summed E-state index contributed by atoms with van der Waals surface area (Å²) in [5.41, 5.74) is 0.695. The second kappa shape index (κ2) is 5.60. The van der Waals surface area contributed by atoms with Gasteiger partial charge >= 0.3 is 5.97 Å². The quantitative estimate of drug-likeness (QED) is 0.897. The Morgan fingerprint density at radius 2 is 2.24 bits per heavy atom. The number of hydrogen-bond acceptors (Lipinski definition) is 4. The molecular formula is C12H16O4S. The number of carboxylic acid groups (broad SMARTS) is 1. The minimum Gasteiger partial charge on any atom is -0.475 e. The van der Waals surface area contributed by atoms with Gasteiger partial charge in [0.1, 0.15) is 5.76 Å². The minimum absolute atomic E-state index is 0.0626. The standard InChI is InChI=1S/C12H16O4S/c1-8-6-9(16-11(8)12(13)14)7-17-10-2-4-15-5-3-10/h6,10H,2-5,7H2,1H3,(H,13,14). The first-order chi connectivity index (χ1) is 8.16. The van der Waals surface area contributed by atoms with Crippen molar-refractivity contribution in [1.82, 2.24) is 0 Å². The van der Waals surface area contributed by atoms with Gasteiger partial charge in [0.2, 0.25) is 5.76 Å². The summed E-state index contributed by atoms with van der Waals surface area (Å²) in [5.74, 6) is 0.549. The number of carbonyl (C=O) groups is 1. The molecule has 0 radical (unpaired) electrons. The third-order valence-electron chi connectivity index (χ3n) is 2.79. The molecule has 2 rings (SSSR count). The van der Waals surface area contributed by atoms with Crippen molar-refractivity contribution < 1.29 is 19.1 Å². The Morgan fingerprint density at radius 3 is 2.82 bits per heavy atom. The van der Waals surface area contributed by atoms with Crippen molar-refractivity contribution in [3.05, 3.63) is 23.2 Å². The van der Waals surface area contributed by atoms with Crippen LogP contribution in [-0.2, 0) is 10.5 Å². The molecule has 4 nitrogen and oxygen atoms in total. The molecular weight excluding hydrogens is 240 g/mol. The van der Waals surface area contributed by atoms with Crippen LogP contribution in [-0.4, -0.2) is 29.5 Å². The predicted octanol–water partition coefficient (Wildman–Crippen LogP) is 2.70. The number of aromatic carboxylic acids is 1. The van der Waals surface area contributed by atoms with Gasteiger partial charge in [0.15, 0.2) is 0 Å². The summed E-state index contributed by atoms with van der Waals surface area (Å²) < 4.78 is 10.6. The number of ether oxygens (including phenoxy) is 1. The minimum atomic E-state index is -0.996. The average Bonchev–Trinajstić information content (AvgIpc) is 2.69. The first-order valence-corrected chi connectivity index (χ1v) is 6.73. The Labute approximate surface area is 104 Å². The molecule has 0 aromatic carbocycles. The predicted molar refractivity (Wildman–Crippen MR) is 65.5 cm³/mol. The maximum absolute atomic E-state index is 10.8. The van der Waals surface area contributed by atoms with E-state index < -0.39 is 5.97 Å². The van der Waals surface area contributed by atoms with E-state index in [0.29, 0.717) is 10.8 Å². The van der Waals surface area contributed by atoms with Crippen molar-refractivity contribution in [3.8, 4) is 0 Å². The molecule has 1 saturated heterocycles. The van der Waals surface area contributed by atoms with Crippen molar-refractivity contribution >= 4 is 17.7 Å². The average molecular weight is 256 g/mol. The Morgan fingerprint density at radius 1 is 1.53 bits per heavy atom. The van der Waals surface area contributed by atoms with E-state index in [-0.39, 0.29) is 5.76 Å². The van der Waals surface area contributed by atoms with Gasteiger partial charge in [-0.3, -0.25) is 0 Å². The lowest BCUT2D eigenvalue weighted by Crippen LogP contribution is -2.17. The van der Waals surface area contributed by atoms with E-state index in [4.69, 9.17) is 14.3 Å². The topological polar surface area (TPSA) is 59.7 Å². The second-order valence-corrected chi connectivity index (χ2v) is 5.44. The van der Waals surface area contributed by atoms with Crippen molar-refractivity contribution in [2.45, 2.75) is 30.8 Å². The summed E-state index contributed by atoms with van der Waals surface area (Å²) in [7, 11) is 0. The van der Waals surface area contributed by atoms with Crippen LogP contribution in [0.3, 0.4) is 0 Å². The van der Waals surface area contributed by atoms with Crippen LogP contribution in [0.2, 0.25) is 0 Å². The van der Waals surface area contributed by atoms with Crippen LogP contribution in [0.25, 0.3) is 0 Å². The molecule has 0 bridgehead atoms. The summed E-state index contributed by atoms with van der Waals surface area (Å²) in [6.45, 7) is 3.42. The van der Waals surface area contributed by atoms with Gasteiger partial charge < -0.3 is 14.3 Å². The maximum atomic E-state index is 10.8. The summed E-state index contributed by atoms with van der Waals surface area (Å²) >= 11 is 1.82. The normalized spacial score (nSPS) is 17.2. The van der Waals surface area contributed by atoms with Gasteiger partial charge in [0.05, 0.1) is 5.75 Å². The van der Waals surface area contributed by atoms with Gasteiger partial charge in [0, 0.05) is 24.0 Å². The molecule has 94 valence electrons. The molecule has 1 N–H and O–H groups in total. The van der Waals surface area contributed by atoms with Crippen LogP contribution >= 0.6 is 11.8 Å². The molecule has 5 heteroatoms. The first kappa shape index (κ1) is 12.5. The van der Waals surface area contributed by atoms with E-state index in [1.165, 1.54) is 0 Å². The Balaban J connectivity index is 1.90. The van der Waals surface area contributed by atoms with Gasteiger partial charge in [-0.2, -0.15) is 11.8 Å². The van der Waals surface area contributed by atoms with Crippen molar-refractivity contribution in [2.75, 3.05) is 13.2 Å². The number of aryl methyl sites for hydroxylation is 1. The lowest BCUT2D eigenvalue weighted by atomic mass is 10.2. The molecule has 0 aliphatic carbocycles. The fourth-order valence-electron chi connectivity index (χ4n) is 1.87. The van der Waals surface area contributed by atoms with Crippen molar-refractivity contribution in [3.63, 3.8) is 0 Å². The lowest BCUT2D eigenvalue weighted by molar-refractivity contribution is 0.0659. The Hall–Kier alpha value is -0.940. The van der Waals surface area contributed by atoms with Crippen molar-refractivity contribution in [1.29, 1.82) is 0 Å². The molecule has 1 aromatic rings. The fraction of sp³-hybridized carbons (Fsp3) is 0.583. The van der Waals surface area contributed by atoms with E-state index >= 15 is 0 Å². The molecule has 1 aliphatic heterocycles. The highest BCUT2D eigenvalue weighted by Gasteiger charge is 2.17. The largest absolute Gasteiger partial charge is 0.475 e. The molecule has 0 atom stereocenters. The first-order valence-electron chi connectivity index (χ1n) is 5.69. The summed E-state index contributed by atoms with van der Waals surface area (Å²) in [4.78, 5) is 10.8. The third kappa shape index (κ3) is 3.26. The van der Waals surface area contributed by atoms with Crippen LogP contribution in [0.4, 0.5) is 0 Å². The third-order valence-corrected chi connectivity index (χ3v) is 4.19. The van der Waals surface area contributed by atoms with Crippen LogP contribution in [0, 0.1) is 6.92 Å². The van der Waals surface area contributed by atoms with E-state index in [2.05, 4.69) is 0 Å². The zero-order valence-electron chi connectivity index (χ0n) is 9.77. The number of rotatable bonds is 4. The number of carboxylic acids is 1. The second-order valence-electron chi connectivity index (χ2n) is 4.15. The fourth-order valence-corrected chi connectivity index (χ4v) is 2.94. The summed E-state index contributed by atoms with van der Waals surface area (Å²) in [6.07, 6.45) is 2.13. The highest BCUT2D eigenvalue weighted by Crippen LogP contribution is 2.27. The maximum Gasteiger partial charge on any atom is 0.372 e. The van der Waals surface area contributed by atoms with Gasteiger partial charge in [-0.15, -0.1) is 0 Å². The Kier molecular flexibility index (Phi) is 4.12. The SMILES string of the molecule is Cc1cc(CSC2CCOCC2)oc1C(=O)O. The smallest absolute Gasteiger partial charge is 0.372 e. The summed E-state index contributed by atoms with van der Waals surface area (Å²) in [5, 5.41) is 9.48. The number of thioether (sulfide) groups is 1. The Bertz CT molecular complexity index is 393. The van der Waals surface area contributed by atoms with Gasteiger partial charge in [-0.25, -0.2) is 4.79 Å². The summed E-state index contributed by atoms with van der Waals surface area (Å²) in [6, 6.07) is 1.82. The van der Waals surface area contributed by atoms with Gasteiger partial charge in [0.25, 0.3) is 0 Å². The monoisotopic (exact) mass is 256 g/mol. The molecule has 0 amide bonds. The van der Waals surface area contributed by atoms with E-state index in [1.807, 2.05) is 17.8 Å². The molecule has 17 heavy (non-hydrogen) atoms. The number of furan rings is 1. The number of hydrogen-bond donors (Lipinski definition) is 1. The van der Waals surface area contributed by atoms with Crippen LogP contribution in [0.5, 0.6) is 0 Å². The molecule has 1 aliphatic rings. The van der Waals surface area contributed by atoms with Crippen LogP contribution in [0.15, 0.2) is 10.5 Å². The van der Waals surface area contributed by atoms with E-state index in [1.54, 1.807) is 6.92 Å². The van der Waals surface area contributed by atoms with Crippen LogP contribution < -0.4 is 0 Å². The molecule has 0 saturated carbocycles. The molecule has 0 spiro atoms. The van der Waals surface area contributed by atoms with E-state index in [9.17, 15) is 4.79 Å². The van der Waals surface area contributed by atoms with Crippen molar-refractivity contribution in [2.24, 2.45) is 0 Å². The molecule has 0 unspecified atom stereocenters. The zero-order valence-corrected chi connectivity index (χ0v) is 10.6.